The molecule has 15 heavy (non-hydrogen) atoms. The van der Waals surface area contributed by atoms with Gasteiger partial charge in [0.25, 0.3) is 0 Å². The third-order valence-electron chi connectivity index (χ3n) is 1.35. The van der Waals surface area contributed by atoms with Crippen molar-refractivity contribution in [2.75, 3.05) is 5.32 Å². The van der Waals surface area contributed by atoms with Gasteiger partial charge in [0.1, 0.15) is 5.75 Å². The van der Waals surface area contributed by atoms with E-state index < -0.39 is 16.5 Å². The van der Waals surface area contributed by atoms with Gasteiger partial charge < -0.3 is 10.4 Å². The van der Waals surface area contributed by atoms with Crippen molar-refractivity contribution in [1.82, 2.24) is 5.43 Å². The Labute approximate surface area is 86.4 Å². The number of urea groups is 1. The average Bonchev–Trinajstić information content (AvgIpc) is 2.19. The molecule has 0 bridgehead atoms. The highest BCUT2D eigenvalue weighted by atomic mass is 32.2. The van der Waals surface area contributed by atoms with Crippen molar-refractivity contribution >= 4 is 22.2 Å². The average molecular weight is 229 g/mol. The number of anilines is 1. The summed E-state index contributed by atoms with van der Waals surface area (Å²) in [4.78, 5) is 11.0. The van der Waals surface area contributed by atoms with Gasteiger partial charge in [-0.05, 0) is 28.7 Å². The maximum absolute atomic E-state index is 11.0. The fourth-order valence-electron chi connectivity index (χ4n) is 0.783. The van der Waals surface area contributed by atoms with E-state index in [-0.39, 0.29) is 5.75 Å². The first-order valence-corrected chi connectivity index (χ1v) is 4.77. The lowest BCUT2D eigenvalue weighted by atomic mass is 10.3. The third-order valence-corrected chi connectivity index (χ3v) is 1.59. The van der Waals surface area contributed by atoms with Crippen LogP contribution in [0.3, 0.4) is 0 Å². The van der Waals surface area contributed by atoms with Crippen molar-refractivity contribution < 1.29 is 18.3 Å². The first kappa shape index (κ1) is 11.0. The van der Waals surface area contributed by atoms with Crippen LogP contribution in [0.2, 0.25) is 0 Å². The van der Waals surface area contributed by atoms with E-state index in [2.05, 4.69) is 9.79 Å². The summed E-state index contributed by atoms with van der Waals surface area (Å²) in [5, 5.41) is 11.2. The van der Waals surface area contributed by atoms with Gasteiger partial charge in [0.05, 0.1) is 0 Å². The Morgan fingerprint density at radius 1 is 1.27 bits per heavy atom. The molecule has 0 fully saturated rings. The van der Waals surface area contributed by atoms with Crippen LogP contribution in [-0.2, 0) is 10.5 Å². The van der Waals surface area contributed by atoms with Crippen LogP contribution in [0, 0.1) is 0 Å². The second kappa shape index (κ2) is 4.96. The number of hydrogen-bond acceptors (Lipinski definition) is 5. The molecule has 0 saturated carbocycles. The van der Waals surface area contributed by atoms with Crippen LogP contribution in [0.15, 0.2) is 28.7 Å². The summed E-state index contributed by atoms with van der Waals surface area (Å²) >= 11 is 0. The van der Waals surface area contributed by atoms with E-state index in [1.807, 2.05) is 0 Å². The number of nitrogens with zero attached hydrogens (tertiary/aromatic N) is 1. The highest BCUT2D eigenvalue weighted by molar-refractivity contribution is 7.61. The zero-order valence-corrected chi connectivity index (χ0v) is 8.15. The van der Waals surface area contributed by atoms with Crippen molar-refractivity contribution in [1.29, 1.82) is 0 Å². The molecule has 0 heterocycles. The molecule has 0 aliphatic heterocycles. The number of rotatable bonds is 2. The third kappa shape index (κ3) is 4.09. The van der Waals surface area contributed by atoms with Crippen LogP contribution in [0.5, 0.6) is 5.75 Å². The first-order valence-electron chi connectivity index (χ1n) is 3.74. The number of phenolic OH excluding ortho intramolecular Hbond substituents is 1. The van der Waals surface area contributed by atoms with E-state index >= 15 is 0 Å². The number of carbonyl (C=O) groups excluding carboxylic acids is 1. The molecule has 0 unspecified atom stereocenters. The van der Waals surface area contributed by atoms with Gasteiger partial charge in [0.15, 0.2) is 0 Å². The predicted octanol–water partition coefficient (Wildman–Crippen LogP) is 0.491. The number of carbonyl (C=O) groups is 1. The number of hydrogen-bond donors (Lipinski definition) is 3. The van der Waals surface area contributed by atoms with Gasteiger partial charge in [-0.2, -0.15) is 8.42 Å². The Morgan fingerprint density at radius 2 is 1.87 bits per heavy atom. The summed E-state index contributed by atoms with van der Waals surface area (Å²) in [6.45, 7) is 0. The molecule has 1 aromatic rings. The molecule has 0 aliphatic carbocycles. The van der Waals surface area contributed by atoms with Gasteiger partial charge in [0.2, 0.25) is 0 Å². The van der Waals surface area contributed by atoms with Crippen molar-refractivity contribution in [2.24, 2.45) is 4.47 Å². The quantitative estimate of drug-likeness (QED) is 0.506. The van der Waals surface area contributed by atoms with Crippen molar-refractivity contribution in [3.8, 4) is 5.75 Å². The highest BCUT2D eigenvalue weighted by Gasteiger charge is 1.99. The molecule has 0 atom stereocenters. The molecule has 0 saturated heterocycles. The molecule has 1 aromatic carbocycles. The predicted molar refractivity (Wildman–Crippen MR) is 51.6 cm³/mol. The molecule has 0 radical (unpaired) electrons. The normalized spacial score (nSPS) is 9.07. The number of amides is 2. The summed E-state index contributed by atoms with van der Waals surface area (Å²) in [6, 6.07) is 4.85. The van der Waals surface area contributed by atoms with Crippen LogP contribution in [0.1, 0.15) is 0 Å². The van der Waals surface area contributed by atoms with Crippen molar-refractivity contribution in [3.05, 3.63) is 24.3 Å². The molecule has 0 aromatic heterocycles. The van der Waals surface area contributed by atoms with Gasteiger partial charge in [-0.1, -0.05) is 0 Å². The smallest absolute Gasteiger partial charge is 0.340 e. The lowest BCUT2D eigenvalue weighted by molar-refractivity contribution is 0.252. The largest absolute Gasteiger partial charge is 0.508 e. The van der Waals surface area contributed by atoms with Gasteiger partial charge in [-0.15, -0.1) is 0 Å². The van der Waals surface area contributed by atoms with Crippen LogP contribution >= 0.6 is 0 Å². The van der Waals surface area contributed by atoms with Crippen LogP contribution in [0.4, 0.5) is 10.5 Å². The molecule has 80 valence electrons. The fourth-order valence-corrected chi connectivity index (χ4v) is 0.940. The zero-order valence-electron chi connectivity index (χ0n) is 7.34. The summed E-state index contributed by atoms with van der Waals surface area (Å²) in [5.41, 5.74) is 2.15. The fraction of sp³-hybridized carbons (Fsp3) is 0. The van der Waals surface area contributed by atoms with Crippen LogP contribution in [-0.4, -0.2) is 19.6 Å². The SMILES string of the molecule is O=C(NN=S(=O)=O)Nc1ccc(O)cc1. The Hall–Kier alpha value is -2.09. The van der Waals surface area contributed by atoms with E-state index in [9.17, 15) is 13.2 Å². The number of nitrogens with one attached hydrogen (secondary N) is 2. The van der Waals surface area contributed by atoms with E-state index in [1.54, 1.807) is 5.43 Å². The van der Waals surface area contributed by atoms with Crippen molar-refractivity contribution in [2.45, 2.75) is 0 Å². The topological polar surface area (TPSA) is 108 Å². The standard InChI is InChI=1S/C7H7N3O4S/c11-6-3-1-5(2-4-6)8-7(12)9-10-15(13)14/h1-4,11H,(H2,8,9,12). The van der Waals surface area contributed by atoms with Gasteiger partial charge in [0, 0.05) is 5.69 Å². The number of aromatic hydroxyl groups is 1. The lowest BCUT2D eigenvalue weighted by Crippen LogP contribution is -2.23. The Balaban J connectivity index is 2.59. The summed E-state index contributed by atoms with van der Waals surface area (Å²) in [5.74, 6) is 0.0614. The molecule has 0 spiro atoms. The molecule has 1 rings (SSSR count). The maximum atomic E-state index is 11.0. The molecule has 0 aliphatic rings. The van der Waals surface area contributed by atoms with Crippen LogP contribution < -0.4 is 10.7 Å². The van der Waals surface area contributed by atoms with E-state index in [4.69, 9.17) is 5.11 Å². The van der Waals surface area contributed by atoms with E-state index in [0.717, 1.165) is 0 Å². The minimum absolute atomic E-state index is 0.0614. The molecule has 8 heteroatoms. The summed E-state index contributed by atoms with van der Waals surface area (Å²) in [7, 11) is -2.68. The molecular formula is C7H7N3O4S. The lowest BCUT2D eigenvalue weighted by Gasteiger charge is -2.02. The van der Waals surface area contributed by atoms with Crippen LogP contribution in [0.25, 0.3) is 0 Å². The Bertz CT molecular complexity index is 471. The second-order valence-electron chi connectivity index (χ2n) is 2.42. The molecule has 2 amide bonds. The van der Waals surface area contributed by atoms with E-state index in [1.165, 1.54) is 24.3 Å². The molecular weight excluding hydrogens is 222 g/mol. The molecule has 3 N–H and O–H groups in total. The van der Waals surface area contributed by atoms with Gasteiger partial charge in [-0.25, -0.2) is 10.2 Å². The number of phenols is 1. The maximum Gasteiger partial charge on any atom is 0.340 e. The minimum atomic E-state index is -2.68. The Morgan fingerprint density at radius 3 is 2.40 bits per heavy atom. The monoisotopic (exact) mass is 229 g/mol. The summed E-state index contributed by atoms with van der Waals surface area (Å²) < 4.78 is 22.7. The van der Waals surface area contributed by atoms with E-state index in [0.29, 0.717) is 5.69 Å². The van der Waals surface area contributed by atoms with Crippen molar-refractivity contribution in [3.63, 3.8) is 0 Å². The molecule has 7 nitrogen and oxygen atoms in total. The summed E-state index contributed by atoms with van der Waals surface area (Å²) in [6.07, 6.45) is 0. The van der Waals surface area contributed by atoms with Gasteiger partial charge in [-0.3, -0.25) is 0 Å². The number of benzene rings is 1. The second-order valence-corrected chi connectivity index (χ2v) is 3.04. The van der Waals surface area contributed by atoms with Gasteiger partial charge >= 0.3 is 16.5 Å². The zero-order chi connectivity index (χ0) is 11.3. The first-order chi connectivity index (χ1) is 7.08. The highest BCUT2D eigenvalue weighted by Crippen LogP contribution is 2.13. The Kier molecular flexibility index (Phi) is 3.63. The minimum Gasteiger partial charge on any atom is -0.508 e.